The molecule has 3 amide bonds. The van der Waals surface area contributed by atoms with Gasteiger partial charge in [0.1, 0.15) is 6.04 Å². The molecular weight excluding hydrogens is 382 g/mol. The van der Waals surface area contributed by atoms with Crippen LogP contribution >= 0.6 is 0 Å². The van der Waals surface area contributed by atoms with E-state index in [1.54, 1.807) is 4.90 Å². The molecule has 160 valence electrons. The van der Waals surface area contributed by atoms with Crippen molar-refractivity contribution in [3.63, 3.8) is 0 Å². The number of aryl methyl sites for hydroxylation is 2. The van der Waals surface area contributed by atoms with Gasteiger partial charge >= 0.3 is 0 Å². The molecule has 1 aromatic heterocycles. The summed E-state index contributed by atoms with van der Waals surface area (Å²) in [6.07, 6.45) is 2.62. The molecule has 2 N–H and O–H groups in total. The highest BCUT2D eigenvalue weighted by Gasteiger charge is 2.31. The number of amides is 3. The highest BCUT2D eigenvalue weighted by Crippen LogP contribution is 2.21. The Hall–Kier alpha value is -3.16. The Balaban J connectivity index is 1.63. The second kappa shape index (κ2) is 9.56. The van der Waals surface area contributed by atoms with Gasteiger partial charge in [-0.15, -0.1) is 0 Å². The number of hydrogen-bond acceptors (Lipinski definition) is 4. The van der Waals surface area contributed by atoms with E-state index in [4.69, 9.17) is 0 Å². The van der Waals surface area contributed by atoms with Crippen LogP contribution in [0.4, 0.5) is 5.69 Å². The molecule has 0 spiro atoms. The lowest BCUT2D eigenvalue weighted by molar-refractivity contribution is -0.140. The fourth-order valence-electron chi connectivity index (χ4n) is 3.79. The first-order valence-electron chi connectivity index (χ1n) is 10.3. The van der Waals surface area contributed by atoms with E-state index in [0.29, 0.717) is 18.7 Å². The van der Waals surface area contributed by atoms with Gasteiger partial charge in [-0.05, 0) is 63.4 Å². The predicted molar refractivity (Wildman–Crippen MR) is 114 cm³/mol. The van der Waals surface area contributed by atoms with E-state index < -0.39 is 6.04 Å². The zero-order valence-electron chi connectivity index (χ0n) is 17.8. The van der Waals surface area contributed by atoms with Crippen LogP contribution in [0.5, 0.6) is 0 Å². The van der Waals surface area contributed by atoms with Crippen LogP contribution < -0.4 is 10.6 Å². The molecule has 3 rings (SSSR count). The summed E-state index contributed by atoms with van der Waals surface area (Å²) >= 11 is 0. The molecule has 8 heteroatoms. The van der Waals surface area contributed by atoms with Crippen LogP contribution in [0.25, 0.3) is 5.69 Å². The first-order chi connectivity index (χ1) is 14.3. The number of carbonyl (C=O) groups is 3. The van der Waals surface area contributed by atoms with Gasteiger partial charge in [0, 0.05) is 37.8 Å². The van der Waals surface area contributed by atoms with Crippen molar-refractivity contribution in [2.24, 2.45) is 0 Å². The maximum absolute atomic E-state index is 12.9. The minimum atomic E-state index is -0.487. The van der Waals surface area contributed by atoms with Crippen LogP contribution in [-0.2, 0) is 14.4 Å². The number of nitrogens with one attached hydrogen (secondary N) is 2. The van der Waals surface area contributed by atoms with Crippen LogP contribution in [-0.4, -0.2) is 51.5 Å². The Labute approximate surface area is 176 Å². The molecule has 2 heterocycles. The summed E-state index contributed by atoms with van der Waals surface area (Å²) in [4.78, 5) is 38.1. The normalized spacial score (nSPS) is 16.2. The van der Waals surface area contributed by atoms with Gasteiger partial charge < -0.3 is 15.5 Å². The fraction of sp³-hybridized carbons (Fsp3) is 0.455. The van der Waals surface area contributed by atoms with Crippen molar-refractivity contribution in [3.05, 3.63) is 41.7 Å². The van der Waals surface area contributed by atoms with Gasteiger partial charge in [-0.1, -0.05) is 0 Å². The number of nitrogens with zero attached hydrogens (tertiary/aromatic N) is 3. The Morgan fingerprint density at radius 2 is 1.87 bits per heavy atom. The third-order valence-electron chi connectivity index (χ3n) is 5.23. The van der Waals surface area contributed by atoms with Gasteiger partial charge in [-0.2, -0.15) is 5.10 Å². The molecule has 1 aliphatic heterocycles. The molecule has 0 saturated carbocycles. The molecule has 1 aliphatic rings. The zero-order valence-corrected chi connectivity index (χ0v) is 17.8. The molecule has 30 heavy (non-hydrogen) atoms. The van der Waals surface area contributed by atoms with Gasteiger partial charge in [-0.25, -0.2) is 4.68 Å². The van der Waals surface area contributed by atoms with E-state index >= 15 is 0 Å². The van der Waals surface area contributed by atoms with Gasteiger partial charge in [0.2, 0.25) is 17.7 Å². The lowest BCUT2D eigenvalue weighted by Crippen LogP contribution is -2.50. The smallest absolute Gasteiger partial charge is 0.247 e. The quantitative estimate of drug-likeness (QED) is 0.763. The van der Waals surface area contributed by atoms with E-state index in [9.17, 15) is 14.4 Å². The van der Waals surface area contributed by atoms with Crippen LogP contribution in [0.2, 0.25) is 0 Å². The lowest BCUT2D eigenvalue weighted by atomic mass is 10.0. The second-order valence-corrected chi connectivity index (χ2v) is 7.71. The number of anilines is 1. The van der Waals surface area contributed by atoms with Crippen molar-refractivity contribution in [1.29, 1.82) is 0 Å². The highest BCUT2D eigenvalue weighted by atomic mass is 16.2. The Bertz CT molecular complexity index is 919. The molecule has 0 bridgehead atoms. The van der Waals surface area contributed by atoms with Crippen molar-refractivity contribution in [2.75, 3.05) is 18.4 Å². The van der Waals surface area contributed by atoms with Crippen LogP contribution in [0, 0.1) is 13.8 Å². The summed E-state index contributed by atoms with van der Waals surface area (Å²) in [7, 11) is 0. The summed E-state index contributed by atoms with van der Waals surface area (Å²) in [5.41, 5.74) is 3.60. The van der Waals surface area contributed by atoms with Crippen molar-refractivity contribution in [3.8, 4) is 5.69 Å². The number of benzene rings is 1. The van der Waals surface area contributed by atoms with E-state index in [-0.39, 0.29) is 30.7 Å². The molecule has 0 unspecified atom stereocenters. The largest absolute Gasteiger partial charge is 0.356 e. The highest BCUT2D eigenvalue weighted by molar-refractivity contribution is 5.97. The minimum Gasteiger partial charge on any atom is -0.356 e. The van der Waals surface area contributed by atoms with Crippen LogP contribution in [0.1, 0.15) is 44.0 Å². The minimum absolute atomic E-state index is 0.108. The summed E-state index contributed by atoms with van der Waals surface area (Å²) in [6.45, 7) is 6.21. The number of rotatable bonds is 6. The summed E-state index contributed by atoms with van der Waals surface area (Å²) in [5, 5.41) is 10.0. The van der Waals surface area contributed by atoms with Gasteiger partial charge in [0.05, 0.1) is 11.4 Å². The fourth-order valence-corrected chi connectivity index (χ4v) is 3.79. The number of likely N-dealkylation sites (tertiary alicyclic amines) is 1. The molecule has 1 saturated heterocycles. The van der Waals surface area contributed by atoms with Gasteiger partial charge in [0.25, 0.3) is 0 Å². The summed E-state index contributed by atoms with van der Waals surface area (Å²) in [5.74, 6) is -0.454. The predicted octanol–water partition coefficient (Wildman–Crippen LogP) is 2.33. The SMILES string of the molecule is CC(=O)NCCC(=O)N1CCCC[C@@H]1C(=O)Nc1ccc(-n2nc(C)cc2C)cc1. The molecule has 1 atom stereocenters. The summed E-state index contributed by atoms with van der Waals surface area (Å²) < 4.78 is 1.86. The molecule has 0 aliphatic carbocycles. The Kier molecular flexibility index (Phi) is 6.87. The van der Waals surface area contributed by atoms with Gasteiger partial charge in [0.15, 0.2) is 0 Å². The van der Waals surface area contributed by atoms with Crippen molar-refractivity contribution in [1.82, 2.24) is 20.0 Å². The maximum Gasteiger partial charge on any atom is 0.247 e. The monoisotopic (exact) mass is 411 g/mol. The topological polar surface area (TPSA) is 96.3 Å². The Morgan fingerprint density at radius 3 is 2.50 bits per heavy atom. The average Bonchev–Trinajstić information content (AvgIpc) is 3.06. The standard InChI is InChI=1S/C22H29N5O3/c1-15-14-16(2)27(25-15)19-9-7-18(8-10-19)24-22(30)20-6-4-5-13-26(20)21(29)11-12-23-17(3)28/h7-10,14,20H,4-6,11-13H2,1-3H3,(H,23,28)(H,24,30)/t20-/m1/s1. The van der Waals surface area contributed by atoms with Gasteiger partial charge in [-0.3, -0.25) is 14.4 Å². The van der Waals surface area contributed by atoms with Crippen LogP contribution in [0.15, 0.2) is 30.3 Å². The van der Waals surface area contributed by atoms with Crippen molar-refractivity contribution < 1.29 is 14.4 Å². The van der Waals surface area contributed by atoms with Crippen LogP contribution in [0.3, 0.4) is 0 Å². The summed E-state index contributed by atoms with van der Waals surface area (Å²) in [6, 6.07) is 9.03. The lowest BCUT2D eigenvalue weighted by Gasteiger charge is -2.34. The number of piperidine rings is 1. The zero-order chi connectivity index (χ0) is 21.7. The van der Waals surface area contributed by atoms with E-state index in [1.807, 2.05) is 48.9 Å². The van der Waals surface area contributed by atoms with Crippen molar-refractivity contribution in [2.45, 2.75) is 52.5 Å². The molecule has 0 radical (unpaired) electrons. The third-order valence-corrected chi connectivity index (χ3v) is 5.23. The molecule has 2 aromatic rings. The first kappa shape index (κ1) is 21.5. The van der Waals surface area contributed by atoms with Crippen molar-refractivity contribution >= 4 is 23.4 Å². The first-order valence-corrected chi connectivity index (χ1v) is 10.3. The third kappa shape index (κ3) is 5.25. The molecule has 1 aromatic carbocycles. The number of hydrogen-bond donors (Lipinski definition) is 2. The Morgan fingerprint density at radius 1 is 1.13 bits per heavy atom. The number of carbonyl (C=O) groups excluding carboxylic acids is 3. The van der Waals surface area contributed by atoms with E-state index in [0.717, 1.165) is 29.9 Å². The molecule has 8 nitrogen and oxygen atoms in total. The molecule has 1 fully saturated rings. The molecular formula is C22H29N5O3. The van der Waals surface area contributed by atoms with E-state index in [1.165, 1.54) is 6.92 Å². The second-order valence-electron chi connectivity index (χ2n) is 7.71. The van der Waals surface area contributed by atoms with E-state index in [2.05, 4.69) is 15.7 Å². The number of aromatic nitrogens is 2. The average molecular weight is 412 g/mol. The maximum atomic E-state index is 12.9.